The van der Waals surface area contributed by atoms with Gasteiger partial charge in [0, 0.05) is 11.1 Å². The van der Waals surface area contributed by atoms with E-state index < -0.39 is 23.4 Å². The van der Waals surface area contributed by atoms with Crippen molar-refractivity contribution in [3.05, 3.63) is 63.6 Å². The van der Waals surface area contributed by atoms with Gasteiger partial charge in [0.05, 0.1) is 22.3 Å². The van der Waals surface area contributed by atoms with E-state index in [1.807, 2.05) is 0 Å². The predicted octanol–water partition coefficient (Wildman–Crippen LogP) is 2.43. The summed E-state index contributed by atoms with van der Waals surface area (Å²) < 4.78 is 0. The van der Waals surface area contributed by atoms with E-state index in [0.717, 1.165) is 0 Å². The van der Waals surface area contributed by atoms with Crippen molar-refractivity contribution in [1.29, 1.82) is 0 Å². The van der Waals surface area contributed by atoms with Crippen molar-refractivity contribution in [1.82, 2.24) is 10.6 Å². The van der Waals surface area contributed by atoms with Gasteiger partial charge in [-0.25, -0.2) is 4.79 Å². The Balaban J connectivity index is 1.68. The molecule has 0 bridgehead atoms. The molecule has 2 aliphatic heterocycles. The van der Waals surface area contributed by atoms with Crippen LogP contribution in [0.15, 0.2) is 42.5 Å². The Bertz CT molecular complexity index is 1070. The molecule has 1 fully saturated rings. The van der Waals surface area contributed by atoms with Crippen LogP contribution in [0, 0.1) is 11.8 Å². The number of carbonyl (C=O) groups excluding carboxylic acids is 3. The average molecular weight is 400 g/mol. The van der Waals surface area contributed by atoms with Gasteiger partial charge in [-0.2, -0.15) is 0 Å². The second kappa shape index (κ2) is 6.31. The van der Waals surface area contributed by atoms with Gasteiger partial charge in [0.25, 0.3) is 11.8 Å². The highest BCUT2D eigenvalue weighted by atomic mass is 35.5. The summed E-state index contributed by atoms with van der Waals surface area (Å²) in [7, 11) is 0. The number of imide groups is 1. The van der Waals surface area contributed by atoms with Crippen LogP contribution in [0.25, 0.3) is 0 Å². The molecule has 27 heavy (non-hydrogen) atoms. The lowest BCUT2D eigenvalue weighted by Crippen LogP contribution is -2.52. The van der Waals surface area contributed by atoms with Gasteiger partial charge in [-0.1, -0.05) is 53.2 Å². The van der Waals surface area contributed by atoms with E-state index in [2.05, 4.69) is 22.5 Å². The molecule has 8 heteroatoms. The number of hydrogen-bond donors (Lipinski definition) is 2. The molecule has 134 valence electrons. The molecule has 2 heterocycles. The highest BCUT2D eigenvalue weighted by Crippen LogP contribution is 2.41. The third kappa shape index (κ3) is 2.64. The van der Waals surface area contributed by atoms with E-state index in [4.69, 9.17) is 23.2 Å². The zero-order valence-corrected chi connectivity index (χ0v) is 15.2. The van der Waals surface area contributed by atoms with E-state index in [9.17, 15) is 14.4 Å². The van der Waals surface area contributed by atoms with Crippen LogP contribution in [0.1, 0.15) is 11.1 Å². The highest BCUT2D eigenvalue weighted by molar-refractivity contribution is 6.42. The third-order valence-corrected chi connectivity index (χ3v) is 5.16. The molecule has 1 saturated heterocycles. The Morgan fingerprint density at radius 2 is 1.81 bits per heavy atom. The molecular formula is C19H11Cl2N3O3. The van der Waals surface area contributed by atoms with Crippen molar-refractivity contribution >= 4 is 46.7 Å². The van der Waals surface area contributed by atoms with Crippen LogP contribution < -0.4 is 15.5 Å². The Morgan fingerprint density at radius 1 is 1.04 bits per heavy atom. The van der Waals surface area contributed by atoms with Crippen LogP contribution in [0.3, 0.4) is 0 Å². The lowest BCUT2D eigenvalue weighted by Gasteiger charge is -2.19. The van der Waals surface area contributed by atoms with Gasteiger partial charge >= 0.3 is 6.03 Å². The van der Waals surface area contributed by atoms with Gasteiger partial charge in [0.2, 0.25) is 5.54 Å². The van der Waals surface area contributed by atoms with Crippen LogP contribution in [0.4, 0.5) is 10.5 Å². The number of nitrogens with zero attached hydrogens (tertiary/aromatic N) is 1. The Hall–Kier alpha value is -3.01. The topological polar surface area (TPSA) is 78.5 Å². The first-order valence-corrected chi connectivity index (χ1v) is 8.68. The first-order valence-electron chi connectivity index (χ1n) is 7.92. The Morgan fingerprint density at radius 3 is 2.52 bits per heavy atom. The molecule has 0 radical (unpaired) electrons. The smallest absolute Gasteiger partial charge is 0.312 e. The van der Waals surface area contributed by atoms with Gasteiger partial charge < -0.3 is 5.32 Å². The Kier molecular flexibility index (Phi) is 4.06. The molecule has 1 spiro atoms. The van der Waals surface area contributed by atoms with Crippen molar-refractivity contribution < 1.29 is 14.4 Å². The maximum Gasteiger partial charge on any atom is 0.323 e. The van der Waals surface area contributed by atoms with Crippen LogP contribution in [0.5, 0.6) is 0 Å². The number of anilines is 1. The maximum absolute atomic E-state index is 13.0. The first kappa shape index (κ1) is 17.4. The number of para-hydroxylation sites is 1. The summed E-state index contributed by atoms with van der Waals surface area (Å²) in [5, 5.41) is 5.41. The molecule has 2 N–H and O–H groups in total. The summed E-state index contributed by atoms with van der Waals surface area (Å²) in [4.78, 5) is 38.5. The number of fused-ring (bicyclic) bond motifs is 2. The fourth-order valence-corrected chi connectivity index (χ4v) is 3.50. The molecule has 2 aromatic carbocycles. The number of hydrogen-bond acceptors (Lipinski definition) is 3. The summed E-state index contributed by atoms with van der Waals surface area (Å²) in [5.74, 6) is 4.58. The maximum atomic E-state index is 13.0. The molecule has 6 nitrogen and oxygen atoms in total. The van der Waals surface area contributed by atoms with E-state index >= 15 is 0 Å². The molecule has 0 aromatic heterocycles. The van der Waals surface area contributed by atoms with Crippen molar-refractivity contribution in [2.24, 2.45) is 0 Å². The van der Waals surface area contributed by atoms with E-state index in [1.165, 1.54) is 4.90 Å². The van der Waals surface area contributed by atoms with Gasteiger partial charge in [-0.15, -0.1) is 0 Å². The molecule has 4 rings (SSSR count). The highest BCUT2D eigenvalue weighted by Gasteiger charge is 2.61. The van der Waals surface area contributed by atoms with Crippen molar-refractivity contribution in [2.45, 2.75) is 5.54 Å². The minimum atomic E-state index is -1.74. The average Bonchev–Trinajstić information content (AvgIpc) is 3.07. The predicted molar refractivity (Wildman–Crippen MR) is 100 cm³/mol. The second-order valence-corrected chi connectivity index (χ2v) is 6.81. The van der Waals surface area contributed by atoms with Crippen LogP contribution in [0.2, 0.25) is 10.0 Å². The number of carbonyl (C=O) groups is 3. The Labute approximate surface area is 164 Å². The molecule has 1 atom stereocenters. The molecule has 0 saturated carbocycles. The van der Waals surface area contributed by atoms with Gasteiger partial charge in [-0.3, -0.25) is 19.8 Å². The second-order valence-electron chi connectivity index (χ2n) is 6.00. The van der Waals surface area contributed by atoms with E-state index in [1.54, 1.807) is 42.5 Å². The zero-order chi connectivity index (χ0) is 19.2. The lowest BCUT2D eigenvalue weighted by molar-refractivity contribution is -0.133. The molecular weight excluding hydrogens is 389 g/mol. The molecule has 4 amide bonds. The van der Waals surface area contributed by atoms with Gasteiger partial charge in [0.1, 0.15) is 0 Å². The van der Waals surface area contributed by atoms with E-state index in [0.29, 0.717) is 26.9 Å². The molecule has 0 aliphatic carbocycles. The first-order chi connectivity index (χ1) is 12.9. The van der Waals surface area contributed by atoms with Crippen LogP contribution in [-0.4, -0.2) is 24.4 Å². The molecule has 2 aliphatic rings. The van der Waals surface area contributed by atoms with E-state index in [-0.39, 0.29) is 6.54 Å². The lowest BCUT2D eigenvalue weighted by atomic mass is 9.92. The minimum Gasteiger partial charge on any atom is -0.312 e. The third-order valence-electron chi connectivity index (χ3n) is 4.42. The van der Waals surface area contributed by atoms with Crippen molar-refractivity contribution in [3.63, 3.8) is 0 Å². The largest absolute Gasteiger partial charge is 0.323 e. The number of nitrogens with one attached hydrogen (secondary N) is 2. The number of amides is 4. The molecule has 0 unspecified atom stereocenters. The fraction of sp³-hybridized carbons (Fsp3) is 0.105. The summed E-state index contributed by atoms with van der Waals surface area (Å²) in [5.41, 5.74) is -0.136. The summed E-state index contributed by atoms with van der Waals surface area (Å²) in [6.45, 7) is 0.0427. The quantitative estimate of drug-likeness (QED) is 0.439. The van der Waals surface area contributed by atoms with Gasteiger partial charge in [-0.05, 0) is 24.3 Å². The SMILES string of the molecule is O=C1NC(=O)[C@]2(N1)C(=O)N(CC#Cc1ccc(Cl)c(Cl)c1)c1ccccc12. The summed E-state index contributed by atoms with van der Waals surface area (Å²) in [6.07, 6.45) is 0. The minimum absolute atomic E-state index is 0.0427. The standard InChI is InChI=1S/C19H11Cl2N3O3/c20-13-8-7-11(10-14(13)21)4-3-9-24-15-6-2-1-5-12(15)19(17(24)26)16(25)22-18(27)23-19/h1-2,5-8,10H,9H2,(H2,22,23,25,27)/t19-/m0/s1. The molecule has 2 aromatic rings. The zero-order valence-electron chi connectivity index (χ0n) is 13.7. The van der Waals surface area contributed by atoms with Crippen LogP contribution >= 0.6 is 23.2 Å². The van der Waals surface area contributed by atoms with Gasteiger partial charge in [0.15, 0.2) is 0 Å². The van der Waals surface area contributed by atoms with Crippen molar-refractivity contribution in [3.8, 4) is 11.8 Å². The summed E-state index contributed by atoms with van der Waals surface area (Å²) >= 11 is 11.9. The fourth-order valence-electron chi connectivity index (χ4n) is 3.20. The number of benzene rings is 2. The number of halogens is 2. The monoisotopic (exact) mass is 399 g/mol. The van der Waals surface area contributed by atoms with Crippen LogP contribution in [-0.2, 0) is 15.1 Å². The number of urea groups is 1. The normalized spacial score (nSPS) is 20.2. The van der Waals surface area contributed by atoms with Crippen molar-refractivity contribution in [2.75, 3.05) is 11.4 Å². The number of rotatable bonds is 1. The summed E-state index contributed by atoms with van der Waals surface area (Å²) in [6, 6.07) is 11.1.